The van der Waals surface area contributed by atoms with E-state index >= 15 is 0 Å². The van der Waals surface area contributed by atoms with E-state index in [1.165, 1.54) is 15.6 Å². The summed E-state index contributed by atoms with van der Waals surface area (Å²) in [5.74, 6) is 0. The molecule has 0 unspecified atom stereocenters. The molecule has 1 aromatic rings. The molecule has 0 saturated heterocycles. The molecule has 0 bridgehead atoms. The monoisotopic (exact) mass is 336 g/mol. The normalized spacial score (nSPS) is 11.9. The molecule has 5 nitrogen and oxygen atoms in total. The van der Waals surface area contributed by atoms with Crippen molar-refractivity contribution in [2.45, 2.75) is 24.0 Å². The van der Waals surface area contributed by atoms with Crippen LogP contribution in [0.3, 0.4) is 0 Å². The molecule has 0 spiro atoms. The minimum absolute atomic E-state index is 0.278. The van der Waals surface area contributed by atoms with E-state index in [0.29, 0.717) is 28.8 Å². The second kappa shape index (κ2) is 8.04. The van der Waals surface area contributed by atoms with Gasteiger partial charge in [-0.1, -0.05) is 19.1 Å². The number of nitrogens with zero attached hydrogens (tertiary/aromatic N) is 1. The Morgan fingerprint density at radius 1 is 1.45 bits per heavy atom. The molecule has 0 aliphatic rings. The zero-order valence-corrected chi connectivity index (χ0v) is 14.1. The van der Waals surface area contributed by atoms with E-state index in [-0.39, 0.29) is 6.54 Å². The number of hydrogen-bond donors (Lipinski definition) is 1. The molecule has 0 saturated carbocycles. The van der Waals surface area contributed by atoms with Crippen LogP contribution >= 0.6 is 23.6 Å². The maximum absolute atomic E-state index is 12.6. The van der Waals surface area contributed by atoms with E-state index in [1.807, 2.05) is 13.0 Å². The highest BCUT2D eigenvalue weighted by atomic mass is 32.2. The summed E-state index contributed by atoms with van der Waals surface area (Å²) >= 11 is 6.12. The van der Waals surface area contributed by atoms with Crippen LogP contribution in [0.5, 0.6) is 0 Å². The van der Waals surface area contributed by atoms with Gasteiger partial charge in [-0.15, -0.1) is 11.3 Å². The van der Waals surface area contributed by atoms with Crippen molar-refractivity contribution in [2.75, 3.05) is 26.8 Å². The molecule has 8 heteroatoms. The van der Waals surface area contributed by atoms with E-state index in [2.05, 4.69) is 0 Å². The first-order valence-electron chi connectivity index (χ1n) is 6.28. The number of ether oxygens (including phenoxy) is 1. The van der Waals surface area contributed by atoms with Gasteiger partial charge in [-0.2, -0.15) is 4.31 Å². The molecule has 1 aromatic heterocycles. The molecular weight excluding hydrogens is 316 g/mol. The summed E-state index contributed by atoms with van der Waals surface area (Å²) in [5.41, 5.74) is 5.46. The van der Waals surface area contributed by atoms with E-state index in [4.69, 9.17) is 22.7 Å². The zero-order valence-electron chi connectivity index (χ0n) is 11.7. The van der Waals surface area contributed by atoms with E-state index in [9.17, 15) is 8.42 Å². The van der Waals surface area contributed by atoms with Crippen LogP contribution in [0.2, 0.25) is 0 Å². The van der Waals surface area contributed by atoms with Crippen LogP contribution in [0.1, 0.15) is 18.2 Å². The maximum atomic E-state index is 12.6. The molecular formula is C12H20N2O3S3. The van der Waals surface area contributed by atoms with Crippen LogP contribution in [0, 0.1) is 0 Å². The third kappa shape index (κ3) is 4.78. The Kier molecular flexibility index (Phi) is 7.04. The lowest BCUT2D eigenvalue weighted by atomic mass is 10.4. The number of rotatable bonds is 9. The summed E-state index contributed by atoms with van der Waals surface area (Å²) in [7, 11) is -1.96. The van der Waals surface area contributed by atoms with E-state index in [0.717, 1.165) is 11.3 Å². The fourth-order valence-corrected chi connectivity index (χ4v) is 4.56. The van der Waals surface area contributed by atoms with Gasteiger partial charge in [0.25, 0.3) is 10.0 Å². The highest BCUT2D eigenvalue weighted by Crippen LogP contribution is 2.25. The average Bonchev–Trinajstić information content (AvgIpc) is 2.87. The number of thiocarbonyl (C=S) groups is 1. The van der Waals surface area contributed by atoms with Gasteiger partial charge in [0.2, 0.25) is 0 Å². The summed E-state index contributed by atoms with van der Waals surface area (Å²) in [6.07, 6.45) is 1.19. The van der Waals surface area contributed by atoms with Gasteiger partial charge in [-0.3, -0.25) is 0 Å². The van der Waals surface area contributed by atoms with Gasteiger partial charge in [0, 0.05) is 31.5 Å². The fourth-order valence-electron chi connectivity index (χ4n) is 1.59. The lowest BCUT2D eigenvalue weighted by molar-refractivity contribution is 0.180. The van der Waals surface area contributed by atoms with Crippen molar-refractivity contribution < 1.29 is 13.2 Å². The van der Waals surface area contributed by atoms with Gasteiger partial charge in [-0.05, 0) is 18.6 Å². The highest BCUT2D eigenvalue weighted by molar-refractivity contribution is 7.91. The predicted octanol–water partition coefficient (Wildman–Crippen LogP) is 1.62. The van der Waals surface area contributed by atoms with Gasteiger partial charge in [-0.25, -0.2) is 8.42 Å². The van der Waals surface area contributed by atoms with Crippen LogP contribution in [-0.4, -0.2) is 44.5 Å². The largest absolute Gasteiger partial charge is 0.393 e. The minimum atomic E-state index is -3.50. The van der Waals surface area contributed by atoms with Gasteiger partial charge in [0.05, 0.1) is 11.6 Å². The van der Waals surface area contributed by atoms with Crippen molar-refractivity contribution in [3.63, 3.8) is 0 Å². The summed E-state index contributed by atoms with van der Waals surface area (Å²) in [5, 5.41) is 0. The van der Waals surface area contributed by atoms with Crippen molar-refractivity contribution in [3.8, 4) is 0 Å². The molecule has 0 aliphatic heterocycles. The predicted molar refractivity (Wildman–Crippen MR) is 85.7 cm³/mol. The Morgan fingerprint density at radius 2 is 2.15 bits per heavy atom. The number of thiophene rings is 1. The summed E-state index contributed by atoms with van der Waals surface area (Å²) in [4.78, 5) is 1.35. The second-order valence-electron chi connectivity index (χ2n) is 4.19. The molecule has 0 aliphatic carbocycles. The van der Waals surface area contributed by atoms with Crippen LogP contribution < -0.4 is 5.73 Å². The number of methoxy groups -OCH3 is 1. The molecule has 1 heterocycles. The molecule has 2 N–H and O–H groups in total. The van der Waals surface area contributed by atoms with Crippen molar-refractivity contribution in [1.29, 1.82) is 0 Å². The van der Waals surface area contributed by atoms with E-state index in [1.54, 1.807) is 13.2 Å². The van der Waals surface area contributed by atoms with E-state index < -0.39 is 10.0 Å². The smallest absolute Gasteiger partial charge is 0.252 e. The first kappa shape index (κ1) is 17.5. The Morgan fingerprint density at radius 3 is 2.65 bits per heavy atom. The first-order chi connectivity index (χ1) is 9.41. The number of nitrogens with two attached hydrogens (primary N) is 1. The van der Waals surface area contributed by atoms with Gasteiger partial charge in [0.15, 0.2) is 0 Å². The lowest BCUT2D eigenvalue weighted by Crippen LogP contribution is -2.35. The SMILES string of the molecule is CCc1ccc(S(=O)(=O)N(CCOC)CCC(N)=S)s1. The molecule has 20 heavy (non-hydrogen) atoms. The van der Waals surface area contributed by atoms with Crippen molar-refractivity contribution in [3.05, 3.63) is 17.0 Å². The Bertz CT molecular complexity index is 540. The summed E-state index contributed by atoms with van der Waals surface area (Å²) in [6.45, 7) is 2.90. The molecule has 114 valence electrons. The number of aryl methyl sites for hydroxylation is 1. The fraction of sp³-hybridized carbons (Fsp3) is 0.583. The molecule has 0 aromatic carbocycles. The Balaban J connectivity index is 2.93. The third-order valence-electron chi connectivity index (χ3n) is 2.73. The lowest BCUT2D eigenvalue weighted by Gasteiger charge is -2.20. The van der Waals surface area contributed by atoms with Crippen LogP contribution in [0.4, 0.5) is 0 Å². The number of sulfonamides is 1. The van der Waals surface area contributed by atoms with Crippen LogP contribution in [0.15, 0.2) is 16.3 Å². The van der Waals surface area contributed by atoms with Crippen molar-refractivity contribution in [2.24, 2.45) is 5.73 Å². The second-order valence-corrected chi connectivity index (χ2v) is 8.04. The van der Waals surface area contributed by atoms with Crippen LogP contribution in [0.25, 0.3) is 0 Å². The molecule has 0 fully saturated rings. The van der Waals surface area contributed by atoms with Gasteiger partial charge in [0.1, 0.15) is 4.21 Å². The highest BCUT2D eigenvalue weighted by Gasteiger charge is 2.25. The van der Waals surface area contributed by atoms with Crippen molar-refractivity contribution >= 4 is 38.6 Å². The summed E-state index contributed by atoms with van der Waals surface area (Å²) in [6, 6.07) is 3.50. The van der Waals surface area contributed by atoms with Gasteiger partial charge < -0.3 is 10.5 Å². The van der Waals surface area contributed by atoms with Crippen LogP contribution in [-0.2, 0) is 21.2 Å². The quantitative estimate of drug-likeness (QED) is 0.694. The first-order valence-corrected chi connectivity index (χ1v) is 8.94. The molecule has 0 radical (unpaired) electrons. The molecule has 0 atom stereocenters. The zero-order chi connectivity index (χ0) is 15.2. The third-order valence-corrected chi connectivity index (χ3v) is 6.53. The molecule has 1 rings (SSSR count). The average molecular weight is 337 g/mol. The van der Waals surface area contributed by atoms with Crippen molar-refractivity contribution in [1.82, 2.24) is 4.31 Å². The maximum Gasteiger partial charge on any atom is 0.252 e. The topological polar surface area (TPSA) is 72.6 Å². The Hall–Kier alpha value is -0.540. The van der Waals surface area contributed by atoms with Gasteiger partial charge >= 0.3 is 0 Å². The summed E-state index contributed by atoms with van der Waals surface area (Å²) < 4.78 is 31.9. The minimum Gasteiger partial charge on any atom is -0.393 e. The standard InChI is InChI=1S/C12H20N2O3S3/c1-3-10-4-5-12(19-10)20(15,16)14(8-9-17-2)7-6-11(13)18/h4-5H,3,6-9H2,1-2H3,(H2,13,18). The Labute approximate surface area is 129 Å². The number of hydrogen-bond acceptors (Lipinski definition) is 5. The molecule has 0 amide bonds.